The van der Waals surface area contributed by atoms with Crippen LogP contribution in [0.3, 0.4) is 0 Å². The third-order valence-electron chi connectivity index (χ3n) is 7.28. The second kappa shape index (κ2) is 8.71. The molecule has 2 aromatic carbocycles. The third-order valence-corrected chi connectivity index (χ3v) is 7.91. The number of nitrogens with zero attached hydrogens (tertiary/aromatic N) is 2. The minimum Gasteiger partial charge on any atom is -0.478 e. The fourth-order valence-corrected chi connectivity index (χ4v) is 5.72. The van der Waals surface area contributed by atoms with Crippen LogP contribution >= 0.6 is 23.2 Å². The van der Waals surface area contributed by atoms with E-state index in [2.05, 4.69) is 5.16 Å². The number of rotatable bonds is 6. The summed E-state index contributed by atoms with van der Waals surface area (Å²) in [6.07, 6.45) is 2.79. The summed E-state index contributed by atoms with van der Waals surface area (Å²) in [6, 6.07) is 11.2. The summed E-state index contributed by atoms with van der Waals surface area (Å²) >= 11 is 12.9. The van der Waals surface area contributed by atoms with Gasteiger partial charge in [-0.1, -0.05) is 34.4 Å². The molecule has 2 atom stereocenters. The van der Waals surface area contributed by atoms with Crippen LogP contribution in [-0.2, 0) is 6.61 Å². The Morgan fingerprint density at radius 3 is 2.63 bits per heavy atom. The van der Waals surface area contributed by atoms with E-state index in [0.717, 1.165) is 30.6 Å². The lowest BCUT2D eigenvalue weighted by Crippen LogP contribution is -2.03. The van der Waals surface area contributed by atoms with E-state index >= 15 is 0 Å². The fourth-order valence-electron chi connectivity index (χ4n) is 5.14. The van der Waals surface area contributed by atoms with Gasteiger partial charge in [0.25, 0.3) is 0 Å². The molecule has 7 nitrogen and oxygen atoms in total. The predicted octanol–water partition coefficient (Wildman–Crippen LogP) is 7.71. The highest BCUT2D eigenvalue weighted by Gasteiger charge is 2.47. The maximum absolute atomic E-state index is 14.4. The summed E-state index contributed by atoms with van der Waals surface area (Å²) in [7, 11) is 0. The Labute approximate surface area is 226 Å². The Morgan fingerprint density at radius 2 is 1.89 bits per heavy atom. The molecule has 3 aliphatic rings. The van der Waals surface area contributed by atoms with Gasteiger partial charge in [0.05, 0.1) is 26.9 Å². The SMILES string of the molecule is O=C(O)c1cc2c(cc1F)C1CC1c1nc(OCc3c(-c4c(Cl)cccc4Cl)noc3C3CC3)ccc1O2. The first-order chi connectivity index (χ1) is 18.4. The van der Waals surface area contributed by atoms with Gasteiger partial charge in [-0.3, -0.25) is 0 Å². The van der Waals surface area contributed by atoms with Gasteiger partial charge >= 0.3 is 5.97 Å². The minimum absolute atomic E-state index is 0.000134. The van der Waals surface area contributed by atoms with Crippen molar-refractivity contribution in [1.29, 1.82) is 0 Å². The summed E-state index contributed by atoms with van der Waals surface area (Å²) in [4.78, 5) is 16.1. The molecule has 0 saturated heterocycles. The molecule has 3 heterocycles. The lowest BCUT2D eigenvalue weighted by atomic mass is 10.0. The number of hydrogen-bond donors (Lipinski definition) is 1. The van der Waals surface area contributed by atoms with Crippen LogP contribution in [0.15, 0.2) is 47.0 Å². The van der Waals surface area contributed by atoms with Crippen LogP contribution in [0.25, 0.3) is 11.3 Å². The quantitative estimate of drug-likeness (QED) is 0.261. The molecule has 10 heteroatoms. The Hall–Kier alpha value is -3.62. The minimum atomic E-state index is -1.34. The lowest BCUT2D eigenvalue weighted by molar-refractivity contribution is 0.0691. The third kappa shape index (κ3) is 3.90. The van der Waals surface area contributed by atoms with Gasteiger partial charge < -0.3 is 19.1 Å². The maximum atomic E-state index is 14.4. The largest absolute Gasteiger partial charge is 0.478 e. The standard InChI is InChI=1S/C28H19Cl2FN2O5/c29-18-2-1-3-19(30)24(18)26-17(27(38-33-26)12-4-5-12)11-36-23-7-6-21-25(32-23)15-8-13(15)14-9-20(31)16(28(34)35)10-22(14)37-21/h1-3,6-7,9-10,12-13,15H,4-5,8,11H2,(H,34,35). The Morgan fingerprint density at radius 1 is 1.11 bits per heavy atom. The summed E-state index contributed by atoms with van der Waals surface area (Å²) < 4.78 is 32.2. The van der Waals surface area contributed by atoms with Crippen LogP contribution in [-0.4, -0.2) is 21.2 Å². The number of fused-ring (bicyclic) bond motifs is 5. The number of carboxylic acids is 1. The number of carboxylic acid groups (broad SMARTS) is 1. The highest BCUT2D eigenvalue weighted by molar-refractivity contribution is 6.39. The van der Waals surface area contributed by atoms with Gasteiger partial charge in [-0.15, -0.1) is 0 Å². The summed E-state index contributed by atoms with van der Waals surface area (Å²) in [5.41, 5.74) is 2.85. The van der Waals surface area contributed by atoms with Crippen molar-refractivity contribution in [3.05, 3.63) is 86.5 Å². The number of hydrogen-bond acceptors (Lipinski definition) is 6. The molecule has 0 radical (unpaired) electrons. The highest BCUT2D eigenvalue weighted by atomic mass is 35.5. The topological polar surface area (TPSA) is 94.7 Å². The zero-order valence-corrected chi connectivity index (χ0v) is 21.2. The molecule has 192 valence electrons. The predicted molar refractivity (Wildman–Crippen MR) is 136 cm³/mol. The van der Waals surface area contributed by atoms with Crippen LogP contribution in [0.2, 0.25) is 10.0 Å². The van der Waals surface area contributed by atoms with Crippen molar-refractivity contribution in [3.8, 4) is 28.6 Å². The van der Waals surface area contributed by atoms with E-state index in [1.807, 2.05) is 0 Å². The fraction of sp³-hybridized carbons (Fsp3) is 0.250. The van der Waals surface area contributed by atoms with Gasteiger partial charge in [0.2, 0.25) is 5.88 Å². The second-order valence-corrected chi connectivity index (χ2v) is 10.6. The normalized spacial score (nSPS) is 19.0. The smallest absolute Gasteiger partial charge is 0.338 e. The first-order valence-corrected chi connectivity index (χ1v) is 13.0. The zero-order valence-electron chi connectivity index (χ0n) is 19.7. The number of aromatic nitrogens is 2. The van der Waals surface area contributed by atoms with E-state index in [4.69, 9.17) is 42.2 Å². The molecule has 1 aliphatic heterocycles. The Bertz CT molecular complexity index is 1610. The number of pyridine rings is 1. The average molecular weight is 553 g/mol. The zero-order chi connectivity index (χ0) is 26.1. The molecule has 0 amide bonds. The van der Waals surface area contributed by atoms with Crippen molar-refractivity contribution in [2.24, 2.45) is 0 Å². The molecule has 2 unspecified atom stereocenters. The molecule has 1 N–H and O–H groups in total. The van der Waals surface area contributed by atoms with Gasteiger partial charge in [0, 0.05) is 29.0 Å². The van der Waals surface area contributed by atoms with Crippen molar-refractivity contribution in [1.82, 2.24) is 10.1 Å². The van der Waals surface area contributed by atoms with Crippen LogP contribution in [0.4, 0.5) is 4.39 Å². The van der Waals surface area contributed by atoms with Crippen LogP contribution < -0.4 is 9.47 Å². The van der Waals surface area contributed by atoms with Gasteiger partial charge in [-0.05, 0) is 55.5 Å². The molecular weight excluding hydrogens is 534 g/mol. The van der Waals surface area contributed by atoms with Crippen LogP contribution in [0, 0.1) is 5.82 Å². The van der Waals surface area contributed by atoms with Crippen molar-refractivity contribution < 1.29 is 28.3 Å². The van der Waals surface area contributed by atoms with E-state index in [1.165, 1.54) is 12.1 Å². The molecule has 2 aromatic heterocycles. The molecule has 4 aromatic rings. The van der Waals surface area contributed by atoms with Crippen molar-refractivity contribution >= 4 is 29.2 Å². The van der Waals surface area contributed by atoms with E-state index in [0.29, 0.717) is 49.9 Å². The number of ether oxygens (including phenoxy) is 2. The van der Waals surface area contributed by atoms with Gasteiger partial charge in [-0.25, -0.2) is 14.2 Å². The van der Waals surface area contributed by atoms with Gasteiger partial charge in [0.1, 0.15) is 35.4 Å². The highest BCUT2D eigenvalue weighted by Crippen LogP contribution is 2.61. The first-order valence-electron chi connectivity index (χ1n) is 12.2. The second-order valence-electron chi connectivity index (χ2n) is 9.79. The van der Waals surface area contributed by atoms with Crippen molar-refractivity contribution in [2.45, 2.75) is 43.6 Å². The summed E-state index contributed by atoms with van der Waals surface area (Å²) in [6.45, 7) is 0.153. The number of benzene rings is 2. The van der Waals surface area contributed by atoms with Crippen molar-refractivity contribution in [3.63, 3.8) is 0 Å². The van der Waals surface area contributed by atoms with E-state index in [9.17, 15) is 14.3 Å². The molecule has 2 fully saturated rings. The van der Waals surface area contributed by atoms with E-state index < -0.39 is 17.3 Å². The Balaban J connectivity index is 1.19. The molecule has 38 heavy (non-hydrogen) atoms. The first kappa shape index (κ1) is 23.5. The molecule has 0 spiro atoms. The average Bonchev–Trinajstić information content (AvgIpc) is 3.81. The molecule has 2 aliphatic carbocycles. The van der Waals surface area contributed by atoms with Crippen LogP contribution in [0.1, 0.15) is 70.0 Å². The lowest BCUT2D eigenvalue weighted by Gasteiger charge is -2.13. The molecular formula is C28H19Cl2FN2O5. The van der Waals surface area contributed by atoms with Gasteiger partial charge in [-0.2, -0.15) is 0 Å². The molecule has 0 bridgehead atoms. The number of aromatic carboxylic acids is 1. The maximum Gasteiger partial charge on any atom is 0.338 e. The molecule has 7 rings (SSSR count). The summed E-state index contributed by atoms with van der Waals surface area (Å²) in [5, 5.41) is 14.5. The van der Waals surface area contributed by atoms with E-state index in [-0.39, 0.29) is 24.4 Å². The van der Waals surface area contributed by atoms with Gasteiger partial charge in [0.15, 0.2) is 0 Å². The Kier molecular flexibility index (Phi) is 5.39. The number of carbonyl (C=O) groups is 1. The van der Waals surface area contributed by atoms with Crippen molar-refractivity contribution in [2.75, 3.05) is 0 Å². The summed E-state index contributed by atoms with van der Waals surface area (Å²) in [5.74, 6) is 0.186. The van der Waals surface area contributed by atoms with Crippen LogP contribution in [0.5, 0.6) is 17.4 Å². The number of halogens is 3. The monoisotopic (exact) mass is 552 g/mol. The van der Waals surface area contributed by atoms with E-state index in [1.54, 1.807) is 30.3 Å². The molecule has 2 saturated carbocycles.